The smallest absolute Gasteiger partial charge is 0.179 e. The van der Waals surface area contributed by atoms with E-state index in [-0.39, 0.29) is 16.7 Å². The summed E-state index contributed by atoms with van der Waals surface area (Å²) in [6, 6.07) is 10.2. The Morgan fingerprint density at radius 2 is 1.76 bits per heavy atom. The normalized spacial score (nSPS) is 11.3. The van der Waals surface area contributed by atoms with E-state index >= 15 is 0 Å². The second-order valence-electron chi connectivity index (χ2n) is 4.99. The van der Waals surface area contributed by atoms with Gasteiger partial charge >= 0.3 is 0 Å². The van der Waals surface area contributed by atoms with Gasteiger partial charge in [-0.3, -0.25) is 4.90 Å². The summed E-state index contributed by atoms with van der Waals surface area (Å²) in [6.07, 6.45) is 0.384. The van der Waals surface area contributed by atoms with Crippen LogP contribution in [0.2, 0.25) is 0 Å². The van der Waals surface area contributed by atoms with Crippen molar-refractivity contribution >= 4 is 9.84 Å². The number of nitrogens with zero attached hydrogens (tertiary/aromatic N) is 3. The molecule has 0 saturated heterocycles. The molecule has 0 aliphatic carbocycles. The molecule has 6 heteroatoms. The minimum Gasteiger partial charge on any atom is -0.299 e. The monoisotopic (exact) mass is 305 g/mol. The van der Waals surface area contributed by atoms with Crippen LogP contribution in [0.5, 0.6) is 0 Å². The predicted molar refractivity (Wildman–Crippen MR) is 80.1 cm³/mol. The lowest BCUT2D eigenvalue weighted by Gasteiger charge is -2.25. The summed E-state index contributed by atoms with van der Waals surface area (Å²) in [4.78, 5) is 2.20. The van der Waals surface area contributed by atoms with Crippen LogP contribution in [0.4, 0.5) is 0 Å². The van der Waals surface area contributed by atoms with Gasteiger partial charge in [0.05, 0.1) is 28.4 Å². The largest absolute Gasteiger partial charge is 0.299 e. The van der Waals surface area contributed by atoms with E-state index in [9.17, 15) is 8.42 Å². The summed E-state index contributed by atoms with van der Waals surface area (Å²) < 4.78 is 24.5. The highest BCUT2D eigenvalue weighted by molar-refractivity contribution is 7.91. The van der Waals surface area contributed by atoms with E-state index in [0.717, 1.165) is 0 Å². The molecule has 0 atom stereocenters. The molecule has 21 heavy (non-hydrogen) atoms. The van der Waals surface area contributed by atoms with Crippen LogP contribution in [0.1, 0.15) is 25.8 Å². The number of benzene rings is 1. The summed E-state index contributed by atoms with van der Waals surface area (Å²) in [6.45, 7) is 4.91. The molecule has 0 aliphatic heterocycles. The molecular formula is C15H19N3O2S. The van der Waals surface area contributed by atoms with Crippen LogP contribution in [0.25, 0.3) is 0 Å². The van der Waals surface area contributed by atoms with Crippen LogP contribution in [0, 0.1) is 22.7 Å². The highest BCUT2D eigenvalue weighted by Crippen LogP contribution is 2.13. The zero-order chi connectivity index (χ0) is 15.9. The average Bonchev–Trinajstić information content (AvgIpc) is 2.47. The fourth-order valence-electron chi connectivity index (χ4n) is 1.91. The number of rotatable bonds is 7. The van der Waals surface area contributed by atoms with Gasteiger partial charge in [-0.05, 0) is 38.1 Å². The maximum atomic E-state index is 12.3. The average molecular weight is 305 g/mol. The maximum Gasteiger partial charge on any atom is 0.179 e. The Morgan fingerprint density at radius 3 is 2.24 bits per heavy atom. The third kappa shape index (κ3) is 5.18. The molecule has 1 aromatic rings. The van der Waals surface area contributed by atoms with Crippen LogP contribution in [0.15, 0.2) is 29.2 Å². The van der Waals surface area contributed by atoms with E-state index < -0.39 is 9.84 Å². The zero-order valence-corrected chi connectivity index (χ0v) is 13.1. The number of hydrogen-bond acceptors (Lipinski definition) is 5. The summed E-state index contributed by atoms with van der Waals surface area (Å²) in [5, 5.41) is 17.3. The summed E-state index contributed by atoms with van der Waals surface area (Å²) in [7, 11) is -3.37. The van der Waals surface area contributed by atoms with Gasteiger partial charge in [0.25, 0.3) is 0 Å². The van der Waals surface area contributed by atoms with Crippen molar-refractivity contribution in [1.29, 1.82) is 10.5 Å². The highest BCUT2D eigenvalue weighted by Gasteiger charge is 2.17. The molecule has 1 rings (SSSR count). The standard InChI is InChI=1S/C15H19N3O2S/c1-13(2)18(9-3-8-16)10-11-21(19,20)15-6-4-14(12-17)5-7-15/h4-7,13H,3,9-11H2,1-2H3. The maximum absolute atomic E-state index is 12.3. The van der Waals surface area contributed by atoms with Crippen molar-refractivity contribution < 1.29 is 8.42 Å². The van der Waals surface area contributed by atoms with Gasteiger partial charge in [0.15, 0.2) is 9.84 Å². The van der Waals surface area contributed by atoms with Crippen LogP contribution >= 0.6 is 0 Å². The molecule has 0 bridgehead atoms. The lowest BCUT2D eigenvalue weighted by Crippen LogP contribution is -2.35. The minimum absolute atomic E-state index is 0.00249. The van der Waals surface area contributed by atoms with Crippen molar-refractivity contribution in [1.82, 2.24) is 4.90 Å². The van der Waals surface area contributed by atoms with Crippen molar-refractivity contribution in [3.8, 4) is 12.1 Å². The Balaban J connectivity index is 2.75. The first kappa shape index (κ1) is 17.2. The molecule has 0 amide bonds. The Bertz CT molecular complexity index is 637. The molecule has 0 heterocycles. The van der Waals surface area contributed by atoms with Gasteiger partial charge in [-0.15, -0.1) is 0 Å². The van der Waals surface area contributed by atoms with Crippen molar-refractivity contribution in [2.45, 2.75) is 31.2 Å². The third-order valence-corrected chi connectivity index (χ3v) is 4.94. The molecular weight excluding hydrogens is 286 g/mol. The van der Waals surface area contributed by atoms with E-state index in [0.29, 0.717) is 25.1 Å². The molecule has 112 valence electrons. The van der Waals surface area contributed by atoms with E-state index in [4.69, 9.17) is 10.5 Å². The van der Waals surface area contributed by atoms with Gasteiger partial charge in [-0.25, -0.2) is 8.42 Å². The van der Waals surface area contributed by atoms with Gasteiger partial charge < -0.3 is 0 Å². The first-order chi connectivity index (χ1) is 9.90. The van der Waals surface area contributed by atoms with Crippen LogP contribution in [-0.4, -0.2) is 38.2 Å². The second-order valence-corrected chi connectivity index (χ2v) is 7.10. The number of nitriles is 2. The van der Waals surface area contributed by atoms with Gasteiger partial charge in [-0.1, -0.05) is 0 Å². The Morgan fingerprint density at radius 1 is 1.14 bits per heavy atom. The molecule has 0 N–H and O–H groups in total. The SMILES string of the molecule is CC(C)N(CCC#N)CCS(=O)(=O)c1ccc(C#N)cc1. The van der Waals surface area contributed by atoms with Crippen molar-refractivity contribution in [2.75, 3.05) is 18.8 Å². The van der Waals surface area contributed by atoms with Crippen molar-refractivity contribution in [3.63, 3.8) is 0 Å². The van der Waals surface area contributed by atoms with Crippen LogP contribution < -0.4 is 0 Å². The Kier molecular flexibility index (Phi) is 6.36. The fourth-order valence-corrected chi connectivity index (χ4v) is 3.18. The molecule has 0 radical (unpaired) electrons. The van der Waals surface area contributed by atoms with E-state index in [1.807, 2.05) is 24.8 Å². The van der Waals surface area contributed by atoms with Gasteiger partial charge in [0, 0.05) is 25.6 Å². The minimum atomic E-state index is -3.37. The van der Waals surface area contributed by atoms with Crippen molar-refractivity contribution in [2.24, 2.45) is 0 Å². The quantitative estimate of drug-likeness (QED) is 0.768. The summed E-state index contributed by atoms with van der Waals surface area (Å²) in [5.41, 5.74) is 0.437. The number of sulfone groups is 1. The first-order valence-electron chi connectivity index (χ1n) is 6.74. The lowest BCUT2D eigenvalue weighted by atomic mass is 10.2. The van der Waals surface area contributed by atoms with Crippen molar-refractivity contribution in [3.05, 3.63) is 29.8 Å². The summed E-state index contributed by atoms with van der Waals surface area (Å²) >= 11 is 0. The molecule has 0 spiro atoms. The zero-order valence-electron chi connectivity index (χ0n) is 12.3. The van der Waals surface area contributed by atoms with Crippen LogP contribution in [-0.2, 0) is 9.84 Å². The third-order valence-electron chi connectivity index (χ3n) is 3.23. The molecule has 5 nitrogen and oxygen atoms in total. The molecule has 0 aliphatic rings. The summed E-state index contributed by atoms with van der Waals surface area (Å²) in [5.74, 6) is 0.00249. The van der Waals surface area contributed by atoms with E-state index in [1.165, 1.54) is 24.3 Å². The van der Waals surface area contributed by atoms with E-state index in [1.54, 1.807) is 0 Å². The topological polar surface area (TPSA) is 85.0 Å². The molecule has 0 aromatic heterocycles. The Hall–Kier alpha value is -1.89. The highest BCUT2D eigenvalue weighted by atomic mass is 32.2. The van der Waals surface area contributed by atoms with Gasteiger partial charge in [-0.2, -0.15) is 10.5 Å². The number of hydrogen-bond donors (Lipinski definition) is 0. The van der Waals surface area contributed by atoms with Crippen LogP contribution in [0.3, 0.4) is 0 Å². The molecule has 0 fully saturated rings. The predicted octanol–water partition coefficient (Wildman–Crippen LogP) is 1.96. The molecule has 0 unspecified atom stereocenters. The Labute approximate surface area is 126 Å². The van der Waals surface area contributed by atoms with E-state index in [2.05, 4.69) is 6.07 Å². The molecule has 1 aromatic carbocycles. The first-order valence-corrected chi connectivity index (χ1v) is 8.40. The fraction of sp³-hybridized carbons (Fsp3) is 0.467. The lowest BCUT2D eigenvalue weighted by molar-refractivity contribution is 0.240. The van der Waals surface area contributed by atoms with Gasteiger partial charge in [0.1, 0.15) is 0 Å². The molecule has 0 saturated carbocycles. The second kappa shape index (κ2) is 7.78. The van der Waals surface area contributed by atoms with Gasteiger partial charge in [0.2, 0.25) is 0 Å².